The van der Waals surface area contributed by atoms with Gasteiger partial charge in [-0.25, -0.2) is 0 Å². The molecule has 2 fully saturated rings. The number of hydrogen-bond acceptors (Lipinski definition) is 5. The number of carbonyl (C=O) groups excluding carboxylic acids is 1. The van der Waals surface area contributed by atoms with E-state index in [-0.39, 0.29) is 11.5 Å². The predicted molar refractivity (Wildman–Crippen MR) is 99.4 cm³/mol. The van der Waals surface area contributed by atoms with Crippen LogP contribution in [0, 0.1) is 19.8 Å². The van der Waals surface area contributed by atoms with E-state index < -0.39 is 0 Å². The van der Waals surface area contributed by atoms with Gasteiger partial charge in [0.25, 0.3) is 5.91 Å². The van der Waals surface area contributed by atoms with Gasteiger partial charge >= 0.3 is 0 Å². The first-order valence-electron chi connectivity index (χ1n) is 9.54. The lowest BCUT2D eigenvalue weighted by molar-refractivity contribution is -0.120. The molecule has 0 N–H and O–H groups in total. The van der Waals surface area contributed by atoms with Crippen LogP contribution in [-0.4, -0.2) is 47.7 Å². The SMILES string of the molecule is Cc1cc(C(=O)N2CC3(C2)OCC[C@@H]3CCOCc2cccnc2)c(C)o1. The summed E-state index contributed by atoms with van der Waals surface area (Å²) in [6, 6.07) is 5.76. The van der Waals surface area contributed by atoms with Crippen LogP contribution in [0.5, 0.6) is 0 Å². The molecule has 0 saturated carbocycles. The third-order valence-corrected chi connectivity index (χ3v) is 5.68. The lowest BCUT2D eigenvalue weighted by atomic mass is 9.79. The Morgan fingerprint density at radius 2 is 2.26 bits per heavy atom. The summed E-state index contributed by atoms with van der Waals surface area (Å²) in [6.07, 6.45) is 5.57. The number of rotatable bonds is 6. The fourth-order valence-corrected chi connectivity index (χ4v) is 4.20. The van der Waals surface area contributed by atoms with Crippen LogP contribution >= 0.6 is 0 Å². The number of aromatic nitrogens is 1. The molecule has 2 aliphatic heterocycles. The summed E-state index contributed by atoms with van der Waals surface area (Å²) in [5.41, 5.74) is 1.55. The summed E-state index contributed by atoms with van der Waals surface area (Å²) in [6.45, 7) is 7.05. The second kappa shape index (κ2) is 7.44. The minimum absolute atomic E-state index is 0.0389. The molecule has 4 heterocycles. The number of aryl methyl sites for hydroxylation is 2. The van der Waals surface area contributed by atoms with Crippen molar-refractivity contribution in [3.63, 3.8) is 0 Å². The van der Waals surface area contributed by atoms with Gasteiger partial charge in [-0.15, -0.1) is 0 Å². The van der Waals surface area contributed by atoms with Crippen LogP contribution in [0.1, 0.15) is 40.3 Å². The molecule has 6 nitrogen and oxygen atoms in total. The molecular weight excluding hydrogens is 344 g/mol. The summed E-state index contributed by atoms with van der Waals surface area (Å²) in [7, 11) is 0. The van der Waals surface area contributed by atoms with Crippen LogP contribution in [0.15, 0.2) is 35.0 Å². The molecule has 2 aromatic heterocycles. The second-order valence-electron chi connectivity index (χ2n) is 7.59. The highest BCUT2D eigenvalue weighted by molar-refractivity contribution is 5.96. The van der Waals surface area contributed by atoms with Crippen molar-refractivity contribution in [2.45, 2.75) is 38.9 Å². The summed E-state index contributed by atoms with van der Waals surface area (Å²) < 4.78 is 17.4. The van der Waals surface area contributed by atoms with E-state index in [0.29, 0.717) is 43.5 Å². The van der Waals surface area contributed by atoms with Crippen molar-refractivity contribution in [3.05, 3.63) is 53.2 Å². The van der Waals surface area contributed by atoms with Crippen molar-refractivity contribution in [1.82, 2.24) is 9.88 Å². The van der Waals surface area contributed by atoms with Crippen LogP contribution in [-0.2, 0) is 16.1 Å². The molecule has 1 amide bonds. The molecule has 0 aromatic carbocycles. The Balaban J connectivity index is 1.28. The summed E-state index contributed by atoms with van der Waals surface area (Å²) in [4.78, 5) is 18.7. The second-order valence-corrected chi connectivity index (χ2v) is 7.59. The highest BCUT2D eigenvalue weighted by Crippen LogP contribution is 2.42. The van der Waals surface area contributed by atoms with Gasteiger partial charge in [0.1, 0.15) is 17.1 Å². The number of nitrogens with zero attached hydrogens (tertiary/aromatic N) is 2. The number of amides is 1. The van der Waals surface area contributed by atoms with E-state index in [4.69, 9.17) is 13.9 Å². The van der Waals surface area contributed by atoms with Crippen molar-refractivity contribution >= 4 is 5.91 Å². The van der Waals surface area contributed by atoms with Gasteiger partial charge in [0.2, 0.25) is 0 Å². The number of furan rings is 1. The Morgan fingerprint density at radius 3 is 2.96 bits per heavy atom. The molecule has 2 saturated heterocycles. The molecule has 0 bridgehead atoms. The Morgan fingerprint density at radius 1 is 1.41 bits per heavy atom. The van der Waals surface area contributed by atoms with E-state index in [1.165, 1.54) is 0 Å². The zero-order valence-electron chi connectivity index (χ0n) is 15.9. The maximum atomic E-state index is 12.7. The molecule has 0 unspecified atom stereocenters. The van der Waals surface area contributed by atoms with E-state index in [9.17, 15) is 4.79 Å². The third kappa shape index (κ3) is 3.64. The minimum atomic E-state index is -0.194. The molecular formula is C21H26N2O4. The van der Waals surface area contributed by atoms with Crippen molar-refractivity contribution < 1.29 is 18.7 Å². The summed E-state index contributed by atoms with van der Waals surface area (Å²) in [5.74, 6) is 1.93. The largest absolute Gasteiger partial charge is 0.466 e. The number of ether oxygens (including phenoxy) is 2. The summed E-state index contributed by atoms with van der Waals surface area (Å²) in [5, 5.41) is 0. The number of hydrogen-bond donors (Lipinski definition) is 0. The van der Waals surface area contributed by atoms with E-state index in [1.807, 2.05) is 43.1 Å². The molecule has 6 heteroatoms. The minimum Gasteiger partial charge on any atom is -0.466 e. The fourth-order valence-electron chi connectivity index (χ4n) is 4.20. The van der Waals surface area contributed by atoms with Gasteiger partial charge in [0.05, 0.1) is 25.3 Å². The molecule has 27 heavy (non-hydrogen) atoms. The normalized spacial score (nSPS) is 20.8. The Kier molecular flexibility index (Phi) is 5.02. The van der Waals surface area contributed by atoms with Crippen LogP contribution in [0.25, 0.3) is 0 Å². The van der Waals surface area contributed by atoms with Gasteiger partial charge in [-0.05, 0) is 50.3 Å². The first-order chi connectivity index (χ1) is 13.1. The molecule has 2 aliphatic rings. The lowest BCUT2D eigenvalue weighted by Gasteiger charge is -2.50. The van der Waals surface area contributed by atoms with Gasteiger partial charge < -0.3 is 18.8 Å². The molecule has 0 aliphatic carbocycles. The Bertz CT molecular complexity index is 796. The Labute approximate surface area is 159 Å². The van der Waals surface area contributed by atoms with Crippen molar-refractivity contribution in [1.29, 1.82) is 0 Å². The van der Waals surface area contributed by atoms with E-state index in [2.05, 4.69) is 4.98 Å². The van der Waals surface area contributed by atoms with Crippen LogP contribution in [0.3, 0.4) is 0 Å². The Hall–Kier alpha value is -2.18. The van der Waals surface area contributed by atoms with Gasteiger partial charge in [-0.3, -0.25) is 9.78 Å². The van der Waals surface area contributed by atoms with Crippen molar-refractivity contribution in [3.8, 4) is 0 Å². The zero-order chi connectivity index (χ0) is 18.9. The van der Waals surface area contributed by atoms with Crippen molar-refractivity contribution in [2.24, 2.45) is 5.92 Å². The van der Waals surface area contributed by atoms with Gasteiger partial charge in [-0.1, -0.05) is 6.07 Å². The molecule has 144 valence electrons. The average molecular weight is 370 g/mol. The number of pyridine rings is 1. The van der Waals surface area contributed by atoms with Gasteiger partial charge in [-0.2, -0.15) is 0 Å². The number of carbonyl (C=O) groups is 1. The first kappa shape index (κ1) is 18.2. The van der Waals surface area contributed by atoms with Crippen molar-refractivity contribution in [2.75, 3.05) is 26.3 Å². The quantitative estimate of drug-likeness (QED) is 0.731. The maximum Gasteiger partial charge on any atom is 0.257 e. The third-order valence-electron chi connectivity index (χ3n) is 5.68. The van der Waals surface area contributed by atoms with Crippen LogP contribution < -0.4 is 0 Å². The molecule has 1 atom stereocenters. The van der Waals surface area contributed by atoms with Gasteiger partial charge in [0.15, 0.2) is 0 Å². The van der Waals surface area contributed by atoms with E-state index in [1.54, 1.807) is 6.20 Å². The highest BCUT2D eigenvalue weighted by atomic mass is 16.5. The van der Waals surface area contributed by atoms with Crippen LogP contribution in [0.2, 0.25) is 0 Å². The smallest absolute Gasteiger partial charge is 0.257 e. The monoisotopic (exact) mass is 370 g/mol. The van der Waals surface area contributed by atoms with E-state index in [0.717, 1.165) is 30.8 Å². The average Bonchev–Trinajstić information content (AvgIpc) is 3.20. The predicted octanol–water partition coefficient (Wildman–Crippen LogP) is 3.13. The van der Waals surface area contributed by atoms with Gasteiger partial charge in [0, 0.05) is 25.6 Å². The zero-order valence-corrected chi connectivity index (χ0v) is 15.9. The summed E-state index contributed by atoms with van der Waals surface area (Å²) >= 11 is 0. The van der Waals surface area contributed by atoms with Crippen LogP contribution in [0.4, 0.5) is 0 Å². The molecule has 0 radical (unpaired) electrons. The number of likely N-dealkylation sites (tertiary alicyclic amines) is 1. The standard InChI is InChI=1S/C21H26N2O4/c1-15-10-19(16(2)27-15)20(24)23-13-21(14-23)18(6-9-26-21)5-8-25-12-17-4-3-7-22-11-17/h3-4,7,10-11,18H,5-6,8-9,12-14H2,1-2H3/t18-/m0/s1. The highest BCUT2D eigenvalue weighted by Gasteiger charge is 2.54. The van der Waals surface area contributed by atoms with E-state index >= 15 is 0 Å². The topological polar surface area (TPSA) is 64.8 Å². The maximum absolute atomic E-state index is 12.7. The first-order valence-corrected chi connectivity index (χ1v) is 9.54. The molecule has 2 aromatic rings. The molecule has 4 rings (SSSR count). The lowest BCUT2D eigenvalue weighted by Crippen LogP contribution is -2.66. The molecule has 1 spiro atoms. The fraction of sp³-hybridized carbons (Fsp3) is 0.524.